The number of carbonyl (C=O) groups is 2. The summed E-state index contributed by atoms with van der Waals surface area (Å²) >= 11 is 7.78. The van der Waals surface area contributed by atoms with Gasteiger partial charge in [-0.15, -0.1) is 11.8 Å². The summed E-state index contributed by atoms with van der Waals surface area (Å²) in [5, 5.41) is 3.65. The summed E-state index contributed by atoms with van der Waals surface area (Å²) in [7, 11) is 1.64. The number of benzene rings is 3. The Labute approximate surface area is 229 Å². The third-order valence-corrected chi connectivity index (χ3v) is 7.07. The predicted octanol–water partition coefficient (Wildman–Crippen LogP) is 5.99. The summed E-state index contributed by atoms with van der Waals surface area (Å²) in [4.78, 5) is 28.8. The molecule has 0 aromatic heterocycles. The average Bonchev–Trinajstić information content (AvgIpc) is 2.90. The molecule has 3 aromatic carbocycles. The van der Waals surface area contributed by atoms with Gasteiger partial charge in [-0.2, -0.15) is 0 Å². The summed E-state index contributed by atoms with van der Waals surface area (Å²) in [6.07, 6.45) is 0.431. The molecule has 196 valence electrons. The van der Waals surface area contributed by atoms with Crippen LogP contribution >= 0.6 is 23.4 Å². The highest BCUT2D eigenvalue weighted by Gasteiger charge is 2.30. The lowest BCUT2D eigenvalue weighted by Gasteiger charge is -2.32. The summed E-state index contributed by atoms with van der Waals surface area (Å²) in [6, 6.07) is 24.5. The lowest BCUT2D eigenvalue weighted by Crippen LogP contribution is -2.51. The van der Waals surface area contributed by atoms with Crippen LogP contribution in [0.2, 0.25) is 5.02 Å². The van der Waals surface area contributed by atoms with Gasteiger partial charge < -0.3 is 15.0 Å². The minimum atomic E-state index is -0.644. The normalized spacial score (nSPS) is 11.7. The van der Waals surface area contributed by atoms with E-state index in [1.54, 1.807) is 18.1 Å². The Bertz CT molecular complexity index is 1140. The number of nitrogens with zero attached hydrogens (tertiary/aromatic N) is 1. The van der Waals surface area contributed by atoms with Crippen molar-refractivity contribution in [1.29, 1.82) is 0 Å². The van der Waals surface area contributed by atoms with Crippen molar-refractivity contribution in [2.45, 2.75) is 38.6 Å². The smallest absolute Gasteiger partial charge is 0.243 e. The van der Waals surface area contributed by atoms with E-state index >= 15 is 0 Å². The van der Waals surface area contributed by atoms with Crippen LogP contribution in [0.5, 0.6) is 5.75 Å². The number of methoxy groups -OCH3 is 1. The second-order valence-electron chi connectivity index (χ2n) is 9.34. The largest absolute Gasteiger partial charge is 0.497 e. The molecule has 0 aliphatic carbocycles. The van der Waals surface area contributed by atoms with Gasteiger partial charge in [0, 0.05) is 30.3 Å². The molecule has 5 nitrogen and oxygen atoms in total. The molecule has 3 aromatic rings. The molecule has 3 rings (SSSR count). The first-order valence-electron chi connectivity index (χ1n) is 12.4. The number of hydrogen-bond acceptors (Lipinski definition) is 4. The first-order chi connectivity index (χ1) is 17.9. The average molecular weight is 539 g/mol. The number of carbonyl (C=O) groups excluding carboxylic acids is 2. The fraction of sp³-hybridized carbons (Fsp3) is 0.333. The Hall–Kier alpha value is -2.96. The maximum atomic E-state index is 13.7. The van der Waals surface area contributed by atoms with Crippen LogP contribution in [-0.2, 0) is 28.3 Å². The van der Waals surface area contributed by atoms with Crippen LogP contribution in [-0.4, -0.2) is 42.2 Å². The van der Waals surface area contributed by atoms with Gasteiger partial charge in [0.05, 0.1) is 12.9 Å². The third kappa shape index (κ3) is 9.45. The van der Waals surface area contributed by atoms with Crippen LogP contribution < -0.4 is 10.1 Å². The van der Waals surface area contributed by atoms with Crippen LogP contribution in [0.3, 0.4) is 0 Å². The molecule has 0 fully saturated rings. The van der Waals surface area contributed by atoms with Gasteiger partial charge in [-0.05, 0) is 46.9 Å². The number of halogens is 1. The Morgan fingerprint density at radius 2 is 1.65 bits per heavy atom. The van der Waals surface area contributed by atoms with Crippen molar-refractivity contribution in [2.24, 2.45) is 5.92 Å². The Balaban J connectivity index is 1.82. The first kappa shape index (κ1) is 28.6. The van der Waals surface area contributed by atoms with E-state index < -0.39 is 6.04 Å². The minimum Gasteiger partial charge on any atom is -0.497 e. The van der Waals surface area contributed by atoms with Crippen molar-refractivity contribution < 1.29 is 14.3 Å². The topological polar surface area (TPSA) is 58.6 Å². The second-order valence-corrected chi connectivity index (χ2v) is 10.8. The third-order valence-electron chi connectivity index (χ3n) is 5.85. The maximum Gasteiger partial charge on any atom is 0.243 e. The van der Waals surface area contributed by atoms with E-state index in [1.807, 2.05) is 72.8 Å². The van der Waals surface area contributed by atoms with Gasteiger partial charge in [0.15, 0.2) is 0 Å². The number of thioether (sulfide) groups is 1. The highest BCUT2D eigenvalue weighted by atomic mass is 35.5. The van der Waals surface area contributed by atoms with Crippen LogP contribution in [0.4, 0.5) is 0 Å². The monoisotopic (exact) mass is 538 g/mol. The molecular weight excluding hydrogens is 504 g/mol. The van der Waals surface area contributed by atoms with Crippen molar-refractivity contribution in [1.82, 2.24) is 10.2 Å². The van der Waals surface area contributed by atoms with Crippen LogP contribution in [0.25, 0.3) is 0 Å². The zero-order chi connectivity index (χ0) is 26.6. The number of nitrogens with one attached hydrogen (secondary N) is 1. The molecular formula is C30H35ClN2O3S. The molecule has 0 aliphatic heterocycles. The molecule has 0 saturated carbocycles. The van der Waals surface area contributed by atoms with E-state index in [1.165, 1.54) is 11.8 Å². The molecule has 7 heteroatoms. The highest BCUT2D eigenvalue weighted by molar-refractivity contribution is 7.99. The highest BCUT2D eigenvalue weighted by Crippen LogP contribution is 2.21. The predicted molar refractivity (Wildman–Crippen MR) is 153 cm³/mol. The van der Waals surface area contributed by atoms with Crippen LogP contribution in [0.15, 0.2) is 78.9 Å². The number of ether oxygens (including phenoxy) is 1. The Morgan fingerprint density at radius 3 is 2.30 bits per heavy atom. The van der Waals surface area contributed by atoms with Crippen molar-refractivity contribution in [2.75, 3.05) is 19.4 Å². The van der Waals surface area contributed by atoms with Crippen molar-refractivity contribution >= 4 is 35.2 Å². The fourth-order valence-electron chi connectivity index (χ4n) is 3.87. The van der Waals surface area contributed by atoms with Gasteiger partial charge in [0.1, 0.15) is 11.8 Å². The Kier molecular flexibility index (Phi) is 11.4. The summed E-state index contributed by atoms with van der Waals surface area (Å²) in [5.41, 5.74) is 2.99. The number of amides is 2. The molecule has 2 amide bonds. The molecule has 0 spiro atoms. The van der Waals surface area contributed by atoms with E-state index in [9.17, 15) is 9.59 Å². The lowest BCUT2D eigenvalue weighted by atomic mass is 10.0. The number of hydrogen-bond donors (Lipinski definition) is 1. The van der Waals surface area contributed by atoms with Crippen LogP contribution in [0, 0.1) is 5.92 Å². The van der Waals surface area contributed by atoms with Gasteiger partial charge in [-0.1, -0.05) is 80.0 Å². The lowest BCUT2D eigenvalue weighted by molar-refractivity contribution is -0.139. The summed E-state index contributed by atoms with van der Waals surface area (Å²) in [6.45, 7) is 4.96. The van der Waals surface area contributed by atoms with Gasteiger partial charge in [0.25, 0.3) is 0 Å². The van der Waals surface area contributed by atoms with Gasteiger partial charge >= 0.3 is 0 Å². The zero-order valence-electron chi connectivity index (χ0n) is 21.7. The molecule has 1 atom stereocenters. The van der Waals surface area contributed by atoms with E-state index in [4.69, 9.17) is 16.3 Å². The Morgan fingerprint density at radius 1 is 0.946 bits per heavy atom. The van der Waals surface area contributed by atoms with E-state index in [0.29, 0.717) is 36.2 Å². The first-order valence-corrected chi connectivity index (χ1v) is 13.9. The molecule has 0 saturated heterocycles. The molecule has 0 radical (unpaired) electrons. The summed E-state index contributed by atoms with van der Waals surface area (Å²) in [5.74, 6) is 1.82. The molecule has 1 N–H and O–H groups in total. The quantitative estimate of drug-likeness (QED) is 0.290. The maximum absolute atomic E-state index is 13.7. The summed E-state index contributed by atoms with van der Waals surface area (Å²) < 4.78 is 5.23. The molecule has 37 heavy (non-hydrogen) atoms. The van der Waals surface area contributed by atoms with Gasteiger partial charge in [-0.25, -0.2) is 0 Å². The zero-order valence-corrected chi connectivity index (χ0v) is 23.2. The molecule has 0 heterocycles. The fourth-order valence-corrected chi connectivity index (χ4v) is 4.95. The SMILES string of the molecule is COc1ccc(CSCC(=O)N(Cc2cccc(Cl)c2)[C@H](Cc2ccccc2)C(=O)NCC(C)C)cc1. The molecule has 0 bridgehead atoms. The van der Waals surface area contributed by atoms with Gasteiger partial charge in [0.2, 0.25) is 11.8 Å². The van der Waals surface area contributed by atoms with E-state index in [0.717, 1.165) is 22.4 Å². The van der Waals surface area contributed by atoms with E-state index in [-0.39, 0.29) is 17.6 Å². The van der Waals surface area contributed by atoms with Crippen molar-refractivity contribution in [3.63, 3.8) is 0 Å². The number of rotatable bonds is 13. The van der Waals surface area contributed by atoms with Crippen molar-refractivity contribution in [3.8, 4) is 5.75 Å². The van der Waals surface area contributed by atoms with Crippen LogP contribution in [0.1, 0.15) is 30.5 Å². The molecule has 0 aliphatic rings. The molecule has 0 unspecified atom stereocenters. The van der Waals surface area contributed by atoms with Crippen molar-refractivity contribution in [3.05, 3.63) is 101 Å². The van der Waals surface area contributed by atoms with Gasteiger partial charge in [-0.3, -0.25) is 9.59 Å². The standard InChI is InChI=1S/C30H35ClN2O3S/c1-22(2)18-32-30(35)28(17-23-8-5-4-6-9-23)33(19-25-10-7-11-26(31)16-25)29(34)21-37-20-24-12-14-27(36-3)15-13-24/h4-16,22,28H,17-21H2,1-3H3,(H,32,35)/t28-/m1/s1. The minimum absolute atomic E-state index is 0.0842. The second kappa shape index (κ2) is 14.7. The van der Waals surface area contributed by atoms with E-state index in [2.05, 4.69) is 19.2 Å².